The highest BCUT2D eigenvalue weighted by Crippen LogP contribution is 2.33. The summed E-state index contributed by atoms with van der Waals surface area (Å²) in [6.45, 7) is 15.1. The Bertz CT molecular complexity index is 847. The highest BCUT2D eigenvalue weighted by Gasteiger charge is 2.40. The number of aromatic nitrogens is 4. The van der Waals surface area contributed by atoms with Crippen molar-refractivity contribution in [3.63, 3.8) is 0 Å². The Labute approximate surface area is 178 Å². The van der Waals surface area contributed by atoms with Crippen LogP contribution in [0.5, 0.6) is 0 Å². The number of hydrogen-bond donors (Lipinski definition) is 0. The average molecular weight is 412 g/mol. The topological polar surface area (TPSA) is 62.6 Å². The molecule has 0 radical (unpaired) electrons. The van der Waals surface area contributed by atoms with Gasteiger partial charge < -0.3 is 14.5 Å². The highest BCUT2D eigenvalue weighted by molar-refractivity contribution is 5.45. The predicted octanol–water partition coefficient (Wildman–Crippen LogP) is 1.37. The number of ether oxygens (including phenoxy) is 1. The summed E-state index contributed by atoms with van der Waals surface area (Å²) in [5.74, 6) is 3.36. The second kappa shape index (κ2) is 8.61. The van der Waals surface area contributed by atoms with Crippen LogP contribution < -0.4 is 4.90 Å². The lowest BCUT2D eigenvalue weighted by atomic mass is 10.0. The number of hydrogen-bond acceptors (Lipinski definition) is 7. The van der Waals surface area contributed by atoms with Gasteiger partial charge in [-0.1, -0.05) is 0 Å². The zero-order valence-corrected chi connectivity index (χ0v) is 18.2. The maximum Gasteiger partial charge on any atom is 0.159 e. The van der Waals surface area contributed by atoms with Gasteiger partial charge in [0.05, 0.1) is 12.3 Å². The summed E-state index contributed by atoms with van der Waals surface area (Å²) >= 11 is 0. The standard InChI is InChI=1S/C22H33N7O/c1-17-10-18(2)29(25-17)22-11-21(23-16-24-22)28-14-19-12-27(13-20(19)15-28)6-5-26-4-3-8-30-9-7-26/h10-11,16,19-20H,3-9,12-15H2,1-2H3. The first-order valence-corrected chi connectivity index (χ1v) is 11.3. The van der Waals surface area contributed by atoms with Crippen LogP contribution in [0.15, 0.2) is 18.5 Å². The van der Waals surface area contributed by atoms with Crippen LogP contribution in [0.3, 0.4) is 0 Å². The smallest absolute Gasteiger partial charge is 0.159 e. The third-order valence-corrected chi connectivity index (χ3v) is 6.80. The second-order valence-electron chi connectivity index (χ2n) is 9.07. The van der Waals surface area contributed by atoms with Gasteiger partial charge in [-0.05, 0) is 38.2 Å². The molecule has 0 N–H and O–H groups in total. The Kier molecular flexibility index (Phi) is 5.71. The van der Waals surface area contributed by atoms with E-state index in [0.29, 0.717) is 0 Å². The van der Waals surface area contributed by atoms with E-state index >= 15 is 0 Å². The molecule has 162 valence electrons. The van der Waals surface area contributed by atoms with E-state index < -0.39 is 0 Å². The Hall–Kier alpha value is -2.03. The Morgan fingerprint density at radius 2 is 1.67 bits per heavy atom. The van der Waals surface area contributed by atoms with Gasteiger partial charge in [0.15, 0.2) is 5.82 Å². The number of nitrogens with zero attached hydrogens (tertiary/aromatic N) is 7. The number of likely N-dealkylation sites (tertiary alicyclic amines) is 1. The lowest BCUT2D eigenvalue weighted by Crippen LogP contribution is -2.37. The van der Waals surface area contributed by atoms with E-state index in [1.165, 1.54) is 39.1 Å². The monoisotopic (exact) mass is 411 g/mol. The van der Waals surface area contributed by atoms with Crippen LogP contribution in [0, 0.1) is 25.7 Å². The van der Waals surface area contributed by atoms with Gasteiger partial charge in [0.2, 0.25) is 0 Å². The molecule has 0 aromatic carbocycles. The van der Waals surface area contributed by atoms with Crippen molar-refractivity contribution in [1.82, 2.24) is 29.5 Å². The summed E-state index contributed by atoms with van der Waals surface area (Å²) in [7, 11) is 0. The van der Waals surface area contributed by atoms with E-state index in [-0.39, 0.29) is 0 Å². The van der Waals surface area contributed by atoms with Crippen molar-refractivity contribution in [2.75, 3.05) is 70.5 Å². The van der Waals surface area contributed by atoms with Crippen LogP contribution in [0.25, 0.3) is 5.82 Å². The molecule has 0 spiro atoms. The van der Waals surface area contributed by atoms with Crippen molar-refractivity contribution >= 4 is 5.82 Å². The van der Waals surface area contributed by atoms with Gasteiger partial charge >= 0.3 is 0 Å². The molecule has 3 aliphatic rings. The first-order chi connectivity index (χ1) is 14.7. The molecule has 8 heteroatoms. The fraction of sp³-hybridized carbons (Fsp3) is 0.682. The first kappa shape index (κ1) is 19.9. The second-order valence-corrected chi connectivity index (χ2v) is 9.07. The van der Waals surface area contributed by atoms with Crippen molar-refractivity contribution in [3.05, 3.63) is 29.8 Å². The maximum atomic E-state index is 5.58. The SMILES string of the molecule is Cc1cc(C)n(-c2cc(N3CC4CN(CCN5CCCOCC5)CC4C3)ncn2)n1. The van der Waals surface area contributed by atoms with Crippen LogP contribution in [-0.2, 0) is 4.74 Å². The predicted molar refractivity (Wildman–Crippen MR) is 116 cm³/mol. The first-order valence-electron chi connectivity index (χ1n) is 11.3. The number of fused-ring (bicyclic) bond motifs is 1. The van der Waals surface area contributed by atoms with Crippen molar-refractivity contribution in [1.29, 1.82) is 0 Å². The molecular weight excluding hydrogens is 378 g/mol. The molecule has 0 saturated carbocycles. The van der Waals surface area contributed by atoms with Gasteiger partial charge in [-0.2, -0.15) is 5.10 Å². The Morgan fingerprint density at radius 1 is 0.900 bits per heavy atom. The molecule has 2 atom stereocenters. The van der Waals surface area contributed by atoms with Crippen molar-refractivity contribution < 1.29 is 4.74 Å². The third-order valence-electron chi connectivity index (χ3n) is 6.80. The molecule has 3 aliphatic heterocycles. The lowest BCUT2D eigenvalue weighted by Gasteiger charge is -2.25. The highest BCUT2D eigenvalue weighted by atomic mass is 16.5. The lowest BCUT2D eigenvalue weighted by molar-refractivity contribution is 0.139. The molecular formula is C22H33N7O. The molecule has 5 rings (SSSR count). The third kappa shape index (κ3) is 4.22. The van der Waals surface area contributed by atoms with Crippen LogP contribution in [0.1, 0.15) is 17.8 Å². The quantitative estimate of drug-likeness (QED) is 0.736. The van der Waals surface area contributed by atoms with E-state index in [1.54, 1.807) is 6.33 Å². The van der Waals surface area contributed by atoms with Gasteiger partial charge in [-0.25, -0.2) is 14.6 Å². The number of anilines is 1. The summed E-state index contributed by atoms with van der Waals surface area (Å²) in [6.07, 6.45) is 2.84. The zero-order valence-electron chi connectivity index (χ0n) is 18.2. The summed E-state index contributed by atoms with van der Waals surface area (Å²) in [5.41, 5.74) is 2.11. The van der Waals surface area contributed by atoms with Crippen molar-refractivity contribution in [3.8, 4) is 5.82 Å². The Balaban J connectivity index is 1.17. The number of aryl methyl sites for hydroxylation is 2. The van der Waals surface area contributed by atoms with E-state index in [2.05, 4.69) is 48.8 Å². The van der Waals surface area contributed by atoms with E-state index in [4.69, 9.17) is 4.74 Å². The summed E-state index contributed by atoms with van der Waals surface area (Å²) in [4.78, 5) is 16.7. The zero-order chi connectivity index (χ0) is 20.5. The molecule has 3 fully saturated rings. The minimum atomic E-state index is 0.740. The van der Waals surface area contributed by atoms with Crippen LogP contribution in [0.2, 0.25) is 0 Å². The molecule has 8 nitrogen and oxygen atoms in total. The fourth-order valence-electron chi connectivity index (χ4n) is 5.25. The molecule has 0 aliphatic carbocycles. The van der Waals surface area contributed by atoms with Gasteiger partial charge in [0, 0.05) is 70.7 Å². The molecule has 2 aromatic heterocycles. The normalized spacial score (nSPS) is 25.6. The van der Waals surface area contributed by atoms with E-state index in [0.717, 1.165) is 67.7 Å². The molecule has 2 aromatic rings. The molecule has 3 saturated heterocycles. The molecule has 5 heterocycles. The summed E-state index contributed by atoms with van der Waals surface area (Å²) in [5, 5.41) is 4.57. The fourth-order valence-corrected chi connectivity index (χ4v) is 5.25. The van der Waals surface area contributed by atoms with Crippen molar-refractivity contribution in [2.45, 2.75) is 20.3 Å². The molecule has 30 heavy (non-hydrogen) atoms. The molecule has 0 amide bonds. The minimum Gasteiger partial charge on any atom is -0.380 e. The van der Waals surface area contributed by atoms with Gasteiger partial charge in [-0.3, -0.25) is 4.90 Å². The summed E-state index contributed by atoms with van der Waals surface area (Å²) < 4.78 is 7.49. The largest absolute Gasteiger partial charge is 0.380 e. The van der Waals surface area contributed by atoms with Crippen LogP contribution in [0.4, 0.5) is 5.82 Å². The average Bonchev–Trinajstić information content (AvgIpc) is 3.33. The van der Waals surface area contributed by atoms with Crippen LogP contribution in [-0.4, -0.2) is 95.1 Å². The van der Waals surface area contributed by atoms with Gasteiger partial charge in [-0.15, -0.1) is 0 Å². The van der Waals surface area contributed by atoms with Gasteiger partial charge in [0.1, 0.15) is 12.1 Å². The number of rotatable bonds is 5. The van der Waals surface area contributed by atoms with E-state index in [1.807, 2.05) is 11.6 Å². The summed E-state index contributed by atoms with van der Waals surface area (Å²) in [6, 6.07) is 4.16. The van der Waals surface area contributed by atoms with Crippen LogP contribution >= 0.6 is 0 Å². The Morgan fingerprint density at radius 3 is 2.43 bits per heavy atom. The van der Waals surface area contributed by atoms with E-state index in [9.17, 15) is 0 Å². The van der Waals surface area contributed by atoms with Crippen molar-refractivity contribution in [2.24, 2.45) is 11.8 Å². The van der Waals surface area contributed by atoms with Gasteiger partial charge in [0.25, 0.3) is 0 Å². The minimum absolute atomic E-state index is 0.740. The maximum absolute atomic E-state index is 5.58. The molecule has 0 bridgehead atoms. The molecule has 2 unspecified atom stereocenters.